The number of carbonyl (C=O) groups is 2. The number of nitrogens with one attached hydrogen (secondary N) is 1. The van der Waals surface area contributed by atoms with E-state index in [4.69, 9.17) is 0 Å². The summed E-state index contributed by atoms with van der Waals surface area (Å²) in [6, 6.07) is 13.1. The third-order valence-corrected chi connectivity index (χ3v) is 6.24. The lowest BCUT2D eigenvalue weighted by atomic mass is 9.73. The van der Waals surface area contributed by atoms with E-state index in [1.807, 2.05) is 60.5 Å². The molecule has 30 heavy (non-hydrogen) atoms. The second kappa shape index (κ2) is 7.09. The zero-order chi connectivity index (χ0) is 20.7. The third-order valence-electron chi connectivity index (χ3n) is 6.24. The van der Waals surface area contributed by atoms with Crippen LogP contribution in [0.5, 0.6) is 0 Å². The molecule has 0 aliphatic carbocycles. The molecule has 1 aromatic carbocycles. The van der Waals surface area contributed by atoms with Crippen LogP contribution >= 0.6 is 0 Å². The number of carbonyl (C=O) groups excluding carboxylic acids is 2. The van der Waals surface area contributed by atoms with Gasteiger partial charge < -0.3 is 10.2 Å². The van der Waals surface area contributed by atoms with Gasteiger partial charge >= 0.3 is 0 Å². The van der Waals surface area contributed by atoms with Crippen molar-refractivity contribution in [1.82, 2.24) is 19.7 Å². The quantitative estimate of drug-likeness (QED) is 0.729. The first kappa shape index (κ1) is 18.5. The van der Waals surface area contributed by atoms with E-state index in [-0.39, 0.29) is 17.9 Å². The number of aryl methyl sites for hydroxylation is 2. The first-order valence-electron chi connectivity index (χ1n) is 10.2. The van der Waals surface area contributed by atoms with Crippen LogP contribution in [0.1, 0.15) is 35.7 Å². The zero-order valence-electron chi connectivity index (χ0n) is 16.8. The van der Waals surface area contributed by atoms with E-state index in [9.17, 15) is 9.59 Å². The molecule has 3 aromatic rings. The summed E-state index contributed by atoms with van der Waals surface area (Å²) in [4.78, 5) is 32.7. The Hall–Kier alpha value is -3.48. The van der Waals surface area contributed by atoms with Crippen LogP contribution < -0.4 is 5.32 Å². The highest BCUT2D eigenvalue weighted by molar-refractivity contribution is 6.07. The summed E-state index contributed by atoms with van der Waals surface area (Å²) in [7, 11) is 0. The van der Waals surface area contributed by atoms with Gasteiger partial charge in [0.2, 0.25) is 11.8 Å². The number of nitrogens with zero attached hydrogens (tertiary/aromatic N) is 4. The van der Waals surface area contributed by atoms with Crippen LogP contribution in [0.4, 0.5) is 5.69 Å². The molecule has 0 radical (unpaired) electrons. The lowest BCUT2D eigenvalue weighted by Gasteiger charge is -2.34. The Bertz CT molecular complexity index is 1110. The Morgan fingerprint density at radius 1 is 1.23 bits per heavy atom. The van der Waals surface area contributed by atoms with Crippen molar-refractivity contribution in [2.45, 2.75) is 37.8 Å². The fourth-order valence-electron chi connectivity index (χ4n) is 4.90. The Labute approximate surface area is 174 Å². The molecular formula is C23H23N5O2. The van der Waals surface area contributed by atoms with Gasteiger partial charge in [0.05, 0.1) is 11.7 Å². The summed E-state index contributed by atoms with van der Waals surface area (Å²) in [6.45, 7) is 2.97. The molecule has 2 amide bonds. The van der Waals surface area contributed by atoms with Gasteiger partial charge in [0.15, 0.2) is 0 Å². The molecule has 0 bridgehead atoms. The summed E-state index contributed by atoms with van der Waals surface area (Å²) in [5.74, 6) is -0.0263. The molecule has 1 fully saturated rings. The Balaban J connectivity index is 1.51. The van der Waals surface area contributed by atoms with Crippen molar-refractivity contribution in [3.8, 4) is 0 Å². The topological polar surface area (TPSA) is 80.1 Å². The van der Waals surface area contributed by atoms with Crippen LogP contribution in [0, 0.1) is 6.92 Å². The Kier molecular flexibility index (Phi) is 4.38. The summed E-state index contributed by atoms with van der Waals surface area (Å²) in [6.07, 6.45) is 6.27. The molecule has 5 rings (SSSR count). The second-order valence-corrected chi connectivity index (χ2v) is 7.97. The van der Waals surface area contributed by atoms with Crippen molar-refractivity contribution < 1.29 is 9.59 Å². The highest BCUT2D eigenvalue weighted by atomic mass is 16.2. The largest absolute Gasteiger partial charge is 0.334 e. The van der Waals surface area contributed by atoms with Crippen LogP contribution in [-0.2, 0) is 21.5 Å². The van der Waals surface area contributed by atoms with E-state index < -0.39 is 5.41 Å². The number of para-hydroxylation sites is 1. The lowest BCUT2D eigenvalue weighted by Crippen LogP contribution is -2.42. The number of aromatic nitrogens is 3. The number of rotatable bonds is 4. The average Bonchev–Trinajstić information content (AvgIpc) is 3.44. The van der Waals surface area contributed by atoms with Crippen LogP contribution in [-0.4, -0.2) is 38.0 Å². The van der Waals surface area contributed by atoms with Gasteiger partial charge in [0.25, 0.3) is 0 Å². The molecule has 152 valence electrons. The molecule has 2 atom stereocenters. The number of benzene rings is 1. The predicted octanol–water partition coefficient (Wildman–Crippen LogP) is 2.84. The van der Waals surface area contributed by atoms with E-state index in [1.54, 1.807) is 17.1 Å². The summed E-state index contributed by atoms with van der Waals surface area (Å²) in [5.41, 5.74) is 2.80. The minimum Gasteiger partial charge on any atom is -0.334 e. The van der Waals surface area contributed by atoms with Gasteiger partial charge in [0.1, 0.15) is 5.41 Å². The van der Waals surface area contributed by atoms with Crippen molar-refractivity contribution in [3.63, 3.8) is 0 Å². The molecule has 2 unspecified atom stereocenters. The average molecular weight is 401 g/mol. The number of likely N-dealkylation sites (tertiary alicyclic amines) is 1. The van der Waals surface area contributed by atoms with Gasteiger partial charge in [-0.15, -0.1) is 0 Å². The normalized spacial score (nSPS) is 22.4. The molecule has 0 saturated carbocycles. The maximum absolute atomic E-state index is 13.3. The van der Waals surface area contributed by atoms with Crippen LogP contribution in [0.3, 0.4) is 0 Å². The molecule has 7 nitrogen and oxygen atoms in total. The number of hydrogen-bond donors (Lipinski definition) is 1. The van der Waals surface area contributed by atoms with Crippen LogP contribution in [0.2, 0.25) is 0 Å². The first-order chi connectivity index (χ1) is 14.6. The summed E-state index contributed by atoms with van der Waals surface area (Å²) >= 11 is 0. The van der Waals surface area contributed by atoms with Gasteiger partial charge in [-0.25, -0.2) is 0 Å². The van der Waals surface area contributed by atoms with Crippen LogP contribution in [0.15, 0.2) is 61.1 Å². The van der Waals surface area contributed by atoms with Gasteiger partial charge in [-0.1, -0.05) is 24.3 Å². The number of fused-ring (bicyclic) bond motifs is 2. The molecule has 1 N–H and O–H groups in total. The van der Waals surface area contributed by atoms with E-state index >= 15 is 0 Å². The molecule has 1 saturated heterocycles. The smallest absolute Gasteiger partial charge is 0.237 e. The van der Waals surface area contributed by atoms with Crippen LogP contribution in [0.25, 0.3) is 0 Å². The molecule has 2 aromatic heterocycles. The number of hydrogen-bond acceptors (Lipinski definition) is 4. The maximum Gasteiger partial charge on any atom is 0.237 e. The molecule has 1 spiro atoms. The number of amides is 2. The first-order valence-corrected chi connectivity index (χ1v) is 10.2. The third kappa shape index (κ3) is 2.81. The maximum atomic E-state index is 13.3. The number of pyridine rings is 1. The minimum atomic E-state index is -0.794. The molecule has 2 aliphatic rings. The Morgan fingerprint density at radius 3 is 2.87 bits per heavy atom. The Morgan fingerprint density at radius 2 is 2.10 bits per heavy atom. The second-order valence-electron chi connectivity index (χ2n) is 7.97. The molecule has 4 heterocycles. The van der Waals surface area contributed by atoms with E-state index in [1.165, 1.54) is 0 Å². The number of anilines is 1. The highest BCUT2D eigenvalue weighted by Crippen LogP contribution is 2.54. The van der Waals surface area contributed by atoms with Crippen molar-refractivity contribution >= 4 is 17.5 Å². The fraction of sp³-hybridized carbons (Fsp3) is 0.304. The SMILES string of the molecule is Cc1ccn(CCC(=O)N2CCC3(C(=O)Nc4ccccc43)C2c2cccnc2)n1. The summed E-state index contributed by atoms with van der Waals surface area (Å²) in [5, 5.41) is 7.41. The van der Waals surface area contributed by atoms with E-state index in [0.29, 0.717) is 25.9 Å². The lowest BCUT2D eigenvalue weighted by molar-refractivity contribution is -0.133. The fourth-order valence-corrected chi connectivity index (χ4v) is 4.90. The highest BCUT2D eigenvalue weighted by Gasteiger charge is 2.59. The van der Waals surface area contributed by atoms with Crippen molar-refractivity contribution in [2.24, 2.45) is 0 Å². The summed E-state index contributed by atoms with van der Waals surface area (Å²) < 4.78 is 1.79. The molecular weight excluding hydrogens is 378 g/mol. The van der Waals surface area contributed by atoms with Gasteiger partial charge in [-0.05, 0) is 42.7 Å². The van der Waals surface area contributed by atoms with E-state index in [2.05, 4.69) is 15.4 Å². The van der Waals surface area contributed by atoms with Crippen molar-refractivity contribution in [1.29, 1.82) is 0 Å². The van der Waals surface area contributed by atoms with E-state index in [0.717, 1.165) is 22.5 Å². The zero-order valence-corrected chi connectivity index (χ0v) is 16.8. The molecule has 7 heteroatoms. The van der Waals surface area contributed by atoms with Crippen molar-refractivity contribution in [2.75, 3.05) is 11.9 Å². The van der Waals surface area contributed by atoms with Gasteiger partial charge in [0, 0.05) is 43.8 Å². The van der Waals surface area contributed by atoms with Crippen molar-refractivity contribution in [3.05, 3.63) is 77.9 Å². The molecule has 2 aliphatic heterocycles. The standard InChI is InChI=1S/C23H23N5O2/c1-16-8-12-27(26-16)13-9-20(29)28-14-10-23(21(28)17-5-4-11-24-15-17)18-6-2-3-7-19(18)25-22(23)30/h2-8,11-12,15,21H,9-10,13-14H2,1H3,(H,25,30). The van der Waals surface area contributed by atoms with Gasteiger partial charge in [-0.2, -0.15) is 5.10 Å². The minimum absolute atomic E-state index is 0.0195. The predicted molar refractivity (Wildman–Crippen MR) is 112 cm³/mol. The monoisotopic (exact) mass is 401 g/mol. The van der Waals surface area contributed by atoms with Gasteiger partial charge in [-0.3, -0.25) is 19.3 Å².